The van der Waals surface area contributed by atoms with E-state index in [1.165, 1.54) is 49.4 Å². The van der Waals surface area contributed by atoms with E-state index in [0.29, 0.717) is 11.0 Å². The Morgan fingerprint density at radius 3 is 2.35 bits per heavy atom. The molecule has 0 aliphatic rings. The van der Waals surface area contributed by atoms with Crippen LogP contribution in [0, 0.1) is 5.82 Å². The molecule has 0 bridgehead atoms. The van der Waals surface area contributed by atoms with E-state index in [1.807, 2.05) is 0 Å². The van der Waals surface area contributed by atoms with Crippen LogP contribution in [0.15, 0.2) is 72.8 Å². The molecule has 37 heavy (non-hydrogen) atoms. The average Bonchev–Trinajstić information content (AvgIpc) is 3.30. The monoisotopic (exact) mass is 504 g/mol. The minimum atomic E-state index is -1.43. The average molecular weight is 505 g/mol. The minimum absolute atomic E-state index is 0.00206. The summed E-state index contributed by atoms with van der Waals surface area (Å²) in [6.07, 6.45) is -3.87. The predicted molar refractivity (Wildman–Crippen MR) is 135 cm³/mol. The summed E-state index contributed by atoms with van der Waals surface area (Å²) in [6, 6.07) is 18.1. The van der Waals surface area contributed by atoms with Crippen LogP contribution >= 0.6 is 0 Å². The van der Waals surface area contributed by atoms with Gasteiger partial charge >= 0.3 is 5.97 Å². The van der Waals surface area contributed by atoms with Crippen LogP contribution in [0.25, 0.3) is 22.4 Å². The third-order valence-corrected chi connectivity index (χ3v) is 5.77. The molecule has 8 nitrogen and oxygen atoms in total. The third-order valence-electron chi connectivity index (χ3n) is 5.77. The number of aromatic nitrogens is 2. The number of halogens is 1. The van der Waals surface area contributed by atoms with Crippen LogP contribution in [0.3, 0.4) is 0 Å². The maximum absolute atomic E-state index is 13.9. The van der Waals surface area contributed by atoms with Crippen LogP contribution in [0.5, 0.6) is 0 Å². The van der Waals surface area contributed by atoms with E-state index in [4.69, 9.17) is 4.74 Å². The molecule has 0 fully saturated rings. The zero-order valence-corrected chi connectivity index (χ0v) is 20.1. The molecule has 4 aromatic rings. The fourth-order valence-corrected chi connectivity index (χ4v) is 3.99. The number of nitrogens with one attached hydrogen (secondary N) is 1. The van der Waals surface area contributed by atoms with Gasteiger partial charge in [0.15, 0.2) is 6.10 Å². The van der Waals surface area contributed by atoms with E-state index in [-0.39, 0.29) is 28.1 Å². The Bertz CT molecular complexity index is 1460. The van der Waals surface area contributed by atoms with Gasteiger partial charge in [-0.2, -0.15) is 0 Å². The maximum Gasteiger partial charge on any atom is 0.303 e. The number of Topliss-reactive ketones (excluding diaryl/α,β-unsaturated/α-hetero) is 1. The van der Waals surface area contributed by atoms with Crippen LogP contribution < -0.4 is 0 Å². The number of aliphatic hydroxyl groups excluding tert-OH is 3. The zero-order chi connectivity index (χ0) is 26.7. The molecule has 0 saturated heterocycles. The number of aromatic amines is 1. The highest BCUT2D eigenvalue weighted by atomic mass is 19.1. The van der Waals surface area contributed by atoms with Crippen molar-refractivity contribution in [2.45, 2.75) is 32.2 Å². The van der Waals surface area contributed by atoms with Gasteiger partial charge in [0, 0.05) is 18.1 Å². The zero-order valence-electron chi connectivity index (χ0n) is 20.1. The summed E-state index contributed by atoms with van der Waals surface area (Å²) in [4.78, 5) is 32.5. The summed E-state index contributed by atoms with van der Waals surface area (Å²) < 4.78 is 19.0. The quantitative estimate of drug-likeness (QED) is 0.121. The standard InChI is InChI=1S/C28H25FN2O6/c1-15(32)27(37-16(2)33)26(36)18-8-5-7-17(13-18)24(34)23(25(35)19-9-6-10-20(29)14-19)28-30-21-11-3-4-12-22(21)31-28/h3-15,26-27,32,34,36H,1-2H3,(H,30,31). The second-order valence-electron chi connectivity index (χ2n) is 8.55. The Kier molecular flexibility index (Phi) is 7.47. The Labute approximate surface area is 211 Å². The molecule has 0 amide bonds. The number of para-hydroxylation sites is 2. The molecule has 1 aromatic heterocycles. The van der Waals surface area contributed by atoms with Crippen molar-refractivity contribution in [2.75, 3.05) is 0 Å². The number of aliphatic hydroxyl groups is 3. The van der Waals surface area contributed by atoms with Crippen molar-refractivity contribution in [3.8, 4) is 0 Å². The van der Waals surface area contributed by atoms with Crippen molar-refractivity contribution in [1.29, 1.82) is 0 Å². The van der Waals surface area contributed by atoms with Crippen molar-refractivity contribution < 1.29 is 34.0 Å². The lowest BCUT2D eigenvalue weighted by Crippen LogP contribution is -2.34. The first kappa shape index (κ1) is 25.7. The molecule has 1 heterocycles. The molecule has 3 unspecified atom stereocenters. The summed E-state index contributed by atoms with van der Waals surface area (Å²) >= 11 is 0. The first-order valence-electron chi connectivity index (χ1n) is 11.5. The van der Waals surface area contributed by atoms with Gasteiger partial charge in [-0.25, -0.2) is 9.37 Å². The Balaban J connectivity index is 1.85. The van der Waals surface area contributed by atoms with E-state index in [1.54, 1.807) is 24.3 Å². The van der Waals surface area contributed by atoms with Gasteiger partial charge in [-0.3, -0.25) is 9.59 Å². The van der Waals surface area contributed by atoms with E-state index in [2.05, 4.69) is 9.97 Å². The first-order valence-corrected chi connectivity index (χ1v) is 11.5. The fourth-order valence-electron chi connectivity index (χ4n) is 3.99. The Morgan fingerprint density at radius 2 is 1.68 bits per heavy atom. The number of nitrogens with zero attached hydrogens (tertiary/aromatic N) is 1. The predicted octanol–water partition coefficient (Wildman–Crippen LogP) is 4.36. The van der Waals surface area contributed by atoms with Gasteiger partial charge in [-0.05, 0) is 42.8 Å². The van der Waals surface area contributed by atoms with Crippen LogP contribution in [0.2, 0.25) is 0 Å². The Hall–Kier alpha value is -4.34. The lowest BCUT2D eigenvalue weighted by Gasteiger charge is -2.25. The van der Waals surface area contributed by atoms with Crippen molar-refractivity contribution in [3.63, 3.8) is 0 Å². The lowest BCUT2D eigenvalue weighted by atomic mass is 9.95. The first-order chi connectivity index (χ1) is 17.7. The number of H-pyrrole nitrogens is 1. The fraction of sp³-hybridized carbons (Fsp3) is 0.179. The van der Waals surface area contributed by atoms with Gasteiger partial charge in [0.05, 0.1) is 17.1 Å². The maximum atomic E-state index is 13.9. The van der Waals surface area contributed by atoms with E-state index < -0.39 is 41.6 Å². The topological polar surface area (TPSA) is 133 Å². The second-order valence-corrected chi connectivity index (χ2v) is 8.55. The van der Waals surface area contributed by atoms with Crippen LogP contribution in [-0.2, 0) is 9.53 Å². The molecular weight excluding hydrogens is 479 g/mol. The number of hydrogen-bond acceptors (Lipinski definition) is 7. The number of carbonyl (C=O) groups is 2. The largest absolute Gasteiger partial charge is 0.506 e. The van der Waals surface area contributed by atoms with E-state index in [9.17, 15) is 29.3 Å². The number of allylic oxidation sites excluding steroid dienone is 1. The normalized spacial score (nSPS) is 14.5. The summed E-state index contributed by atoms with van der Waals surface area (Å²) in [5, 5.41) is 32.2. The number of carbonyl (C=O) groups excluding carboxylic acids is 2. The smallest absolute Gasteiger partial charge is 0.303 e. The summed E-state index contributed by atoms with van der Waals surface area (Å²) in [6.45, 7) is 2.53. The number of ketones is 1. The van der Waals surface area contributed by atoms with Gasteiger partial charge in [-0.15, -0.1) is 0 Å². The highest BCUT2D eigenvalue weighted by Crippen LogP contribution is 2.31. The van der Waals surface area contributed by atoms with Crippen LogP contribution in [-0.4, -0.2) is 49.2 Å². The van der Waals surface area contributed by atoms with Crippen molar-refractivity contribution in [3.05, 3.63) is 101 Å². The van der Waals surface area contributed by atoms with Gasteiger partial charge < -0.3 is 25.0 Å². The molecule has 0 radical (unpaired) electrons. The lowest BCUT2D eigenvalue weighted by molar-refractivity contribution is -0.161. The number of rotatable bonds is 8. The molecule has 0 saturated carbocycles. The minimum Gasteiger partial charge on any atom is -0.506 e. The molecule has 3 aromatic carbocycles. The van der Waals surface area contributed by atoms with E-state index >= 15 is 0 Å². The van der Waals surface area contributed by atoms with Crippen LogP contribution in [0.4, 0.5) is 4.39 Å². The number of imidazole rings is 1. The van der Waals surface area contributed by atoms with Gasteiger partial charge in [0.1, 0.15) is 29.1 Å². The summed E-state index contributed by atoms with van der Waals surface area (Å²) in [5.41, 5.74) is 1.34. The molecule has 0 aliphatic carbocycles. The van der Waals surface area contributed by atoms with Crippen molar-refractivity contribution in [1.82, 2.24) is 9.97 Å². The molecule has 3 atom stereocenters. The highest BCUT2D eigenvalue weighted by Gasteiger charge is 2.29. The van der Waals surface area contributed by atoms with Gasteiger partial charge in [-0.1, -0.05) is 42.5 Å². The molecule has 0 spiro atoms. The van der Waals surface area contributed by atoms with Crippen molar-refractivity contribution in [2.24, 2.45) is 0 Å². The van der Waals surface area contributed by atoms with Gasteiger partial charge in [0.25, 0.3) is 0 Å². The summed E-state index contributed by atoms with van der Waals surface area (Å²) in [7, 11) is 0. The molecule has 9 heteroatoms. The number of benzene rings is 3. The van der Waals surface area contributed by atoms with Crippen LogP contribution in [0.1, 0.15) is 47.3 Å². The van der Waals surface area contributed by atoms with Crippen molar-refractivity contribution >= 4 is 34.1 Å². The molecule has 4 N–H and O–H groups in total. The SMILES string of the molecule is CC(=O)OC(C(C)O)C(O)c1cccc(C(O)=C(C(=O)c2cccc(F)c2)c2nc3ccccc3[nH]2)c1. The van der Waals surface area contributed by atoms with E-state index in [0.717, 1.165) is 13.0 Å². The molecule has 4 rings (SSSR count). The van der Waals surface area contributed by atoms with Gasteiger partial charge in [0.2, 0.25) is 5.78 Å². The number of esters is 1. The number of ether oxygens (including phenoxy) is 1. The highest BCUT2D eigenvalue weighted by molar-refractivity contribution is 6.33. The molecule has 190 valence electrons. The number of hydrogen-bond donors (Lipinski definition) is 4. The molecular formula is C28H25FN2O6. The molecule has 0 aliphatic heterocycles. The third kappa shape index (κ3) is 5.58. The second kappa shape index (κ2) is 10.7. The summed E-state index contributed by atoms with van der Waals surface area (Å²) in [5.74, 6) is -2.38. The Morgan fingerprint density at radius 1 is 0.973 bits per heavy atom. The number of fused-ring (bicyclic) bond motifs is 1.